The first-order valence-electron chi connectivity index (χ1n) is 7.38. The van der Waals surface area contributed by atoms with Gasteiger partial charge in [0.1, 0.15) is 0 Å². The van der Waals surface area contributed by atoms with E-state index in [0.717, 1.165) is 45.3 Å². The molecular weight excluding hydrogens is 240 g/mol. The van der Waals surface area contributed by atoms with Crippen LogP contribution in [-0.4, -0.2) is 53.8 Å². The Labute approximate surface area is 116 Å². The average Bonchev–Trinajstić information content (AvgIpc) is 2.89. The highest BCUT2D eigenvalue weighted by atomic mass is 16.5. The van der Waals surface area contributed by atoms with E-state index in [2.05, 4.69) is 39.8 Å². The van der Waals surface area contributed by atoms with Crippen LogP contribution in [0.5, 0.6) is 0 Å². The summed E-state index contributed by atoms with van der Waals surface area (Å²) < 4.78 is 7.63. The quantitative estimate of drug-likeness (QED) is 0.766. The molecule has 1 fully saturated rings. The minimum Gasteiger partial charge on any atom is -0.379 e. The molecule has 1 saturated heterocycles. The lowest BCUT2D eigenvalue weighted by Gasteiger charge is -2.30. The number of ether oxygens (including phenoxy) is 1. The number of unbranched alkanes of at least 4 members (excludes halogenated alkanes) is 1. The summed E-state index contributed by atoms with van der Waals surface area (Å²) in [4.78, 5) is 6.87. The number of aromatic nitrogens is 2. The van der Waals surface area contributed by atoms with Crippen molar-refractivity contribution in [3.63, 3.8) is 0 Å². The van der Waals surface area contributed by atoms with Gasteiger partial charge in [0.2, 0.25) is 5.95 Å². The van der Waals surface area contributed by atoms with Crippen molar-refractivity contribution in [2.75, 3.05) is 44.7 Å². The number of morpholine rings is 1. The number of imidazole rings is 1. The summed E-state index contributed by atoms with van der Waals surface area (Å²) in [6.45, 7) is 10.3. The second-order valence-electron chi connectivity index (χ2n) is 5.20. The minimum atomic E-state index is 0.435. The Bertz CT molecular complexity index is 360. The molecule has 5 heteroatoms. The standard InChI is InChI=1S/C14H26N4O/c1-3-4-5-15-14-16-6-7-18(14)13(2)12-17-8-10-19-11-9-17/h6-7,13H,3-5,8-12H2,1-2H3,(H,15,16). The Morgan fingerprint density at radius 1 is 1.42 bits per heavy atom. The molecule has 0 aliphatic carbocycles. The van der Waals surface area contributed by atoms with Crippen LogP contribution >= 0.6 is 0 Å². The summed E-state index contributed by atoms with van der Waals surface area (Å²) in [5.41, 5.74) is 0. The predicted molar refractivity (Wildman–Crippen MR) is 77.6 cm³/mol. The normalized spacial score (nSPS) is 18.4. The van der Waals surface area contributed by atoms with Gasteiger partial charge >= 0.3 is 0 Å². The first-order valence-corrected chi connectivity index (χ1v) is 7.38. The van der Waals surface area contributed by atoms with Gasteiger partial charge in [-0.25, -0.2) is 4.98 Å². The van der Waals surface area contributed by atoms with E-state index < -0.39 is 0 Å². The second-order valence-corrected chi connectivity index (χ2v) is 5.20. The summed E-state index contributed by atoms with van der Waals surface area (Å²) in [7, 11) is 0. The highest BCUT2D eigenvalue weighted by molar-refractivity contribution is 5.26. The zero-order valence-corrected chi connectivity index (χ0v) is 12.1. The zero-order valence-electron chi connectivity index (χ0n) is 12.1. The molecule has 1 aromatic heterocycles. The van der Waals surface area contributed by atoms with E-state index in [9.17, 15) is 0 Å². The zero-order chi connectivity index (χ0) is 13.5. The van der Waals surface area contributed by atoms with Crippen LogP contribution in [0.25, 0.3) is 0 Å². The van der Waals surface area contributed by atoms with Crippen LogP contribution in [0.3, 0.4) is 0 Å². The van der Waals surface area contributed by atoms with Crippen LogP contribution in [0.2, 0.25) is 0 Å². The van der Waals surface area contributed by atoms with Crippen molar-refractivity contribution < 1.29 is 4.74 Å². The largest absolute Gasteiger partial charge is 0.379 e. The number of nitrogens with zero attached hydrogens (tertiary/aromatic N) is 3. The van der Waals surface area contributed by atoms with Crippen LogP contribution in [-0.2, 0) is 4.74 Å². The monoisotopic (exact) mass is 266 g/mol. The molecule has 1 aromatic rings. The van der Waals surface area contributed by atoms with Gasteiger partial charge in [0.15, 0.2) is 0 Å². The summed E-state index contributed by atoms with van der Waals surface area (Å²) in [5, 5.41) is 3.42. The number of hydrogen-bond acceptors (Lipinski definition) is 4. The van der Waals surface area contributed by atoms with Crippen LogP contribution in [0.15, 0.2) is 12.4 Å². The molecule has 0 saturated carbocycles. The molecule has 1 aliphatic rings. The summed E-state index contributed by atoms with van der Waals surface area (Å²) >= 11 is 0. The Hall–Kier alpha value is -1.07. The smallest absolute Gasteiger partial charge is 0.203 e. The molecule has 0 radical (unpaired) electrons. The molecule has 0 bridgehead atoms. The van der Waals surface area contributed by atoms with Gasteiger partial charge in [-0.05, 0) is 13.3 Å². The SMILES string of the molecule is CCCCNc1nccn1C(C)CN1CCOCC1. The van der Waals surface area contributed by atoms with Crippen molar-refractivity contribution in [2.24, 2.45) is 0 Å². The molecule has 0 aromatic carbocycles. The number of hydrogen-bond donors (Lipinski definition) is 1. The number of anilines is 1. The molecule has 1 atom stereocenters. The van der Waals surface area contributed by atoms with Gasteiger partial charge in [-0.1, -0.05) is 13.3 Å². The van der Waals surface area contributed by atoms with Crippen molar-refractivity contribution in [2.45, 2.75) is 32.7 Å². The van der Waals surface area contributed by atoms with E-state index in [1.54, 1.807) is 0 Å². The molecule has 2 heterocycles. The highest BCUT2D eigenvalue weighted by Crippen LogP contribution is 2.15. The molecule has 19 heavy (non-hydrogen) atoms. The van der Waals surface area contributed by atoms with Gasteiger partial charge in [-0.15, -0.1) is 0 Å². The van der Waals surface area contributed by atoms with Crippen LogP contribution in [0.1, 0.15) is 32.7 Å². The van der Waals surface area contributed by atoms with Crippen molar-refractivity contribution in [3.05, 3.63) is 12.4 Å². The fraction of sp³-hybridized carbons (Fsp3) is 0.786. The van der Waals surface area contributed by atoms with Gasteiger partial charge < -0.3 is 14.6 Å². The summed E-state index contributed by atoms with van der Waals surface area (Å²) in [5.74, 6) is 0.995. The third kappa shape index (κ3) is 4.21. The number of rotatable bonds is 7. The lowest BCUT2D eigenvalue weighted by molar-refractivity contribution is 0.0327. The molecule has 0 spiro atoms. The van der Waals surface area contributed by atoms with E-state index in [4.69, 9.17) is 4.74 Å². The van der Waals surface area contributed by atoms with Gasteiger partial charge in [0.25, 0.3) is 0 Å². The van der Waals surface area contributed by atoms with E-state index >= 15 is 0 Å². The van der Waals surface area contributed by atoms with Crippen molar-refractivity contribution in [1.29, 1.82) is 0 Å². The van der Waals surface area contributed by atoms with Gasteiger partial charge in [0, 0.05) is 44.6 Å². The van der Waals surface area contributed by atoms with Gasteiger partial charge in [-0.3, -0.25) is 4.90 Å². The topological polar surface area (TPSA) is 42.3 Å². The maximum atomic E-state index is 5.39. The van der Waals surface area contributed by atoms with Crippen LogP contribution < -0.4 is 5.32 Å². The Balaban J connectivity index is 1.87. The van der Waals surface area contributed by atoms with E-state index in [-0.39, 0.29) is 0 Å². The molecule has 1 unspecified atom stereocenters. The predicted octanol–water partition coefficient (Wildman–Crippen LogP) is 1.99. The Morgan fingerprint density at radius 3 is 2.95 bits per heavy atom. The lowest BCUT2D eigenvalue weighted by atomic mass is 10.3. The summed E-state index contributed by atoms with van der Waals surface area (Å²) in [6.07, 6.45) is 6.34. The first-order chi connectivity index (χ1) is 9.31. The molecule has 108 valence electrons. The van der Waals surface area contributed by atoms with Gasteiger partial charge in [-0.2, -0.15) is 0 Å². The molecule has 2 rings (SSSR count). The minimum absolute atomic E-state index is 0.435. The molecule has 1 aliphatic heterocycles. The van der Waals surface area contributed by atoms with Crippen LogP contribution in [0, 0.1) is 0 Å². The van der Waals surface area contributed by atoms with Crippen molar-refractivity contribution in [3.8, 4) is 0 Å². The maximum Gasteiger partial charge on any atom is 0.203 e. The van der Waals surface area contributed by atoms with E-state index in [1.165, 1.54) is 12.8 Å². The third-order valence-corrected chi connectivity index (χ3v) is 3.58. The van der Waals surface area contributed by atoms with E-state index in [1.807, 2.05) is 6.20 Å². The fourth-order valence-corrected chi connectivity index (χ4v) is 2.43. The number of nitrogens with one attached hydrogen (secondary N) is 1. The first kappa shape index (κ1) is 14.3. The van der Waals surface area contributed by atoms with Gasteiger partial charge in [0.05, 0.1) is 13.2 Å². The average molecular weight is 266 g/mol. The summed E-state index contributed by atoms with van der Waals surface area (Å²) in [6, 6.07) is 0.435. The fourth-order valence-electron chi connectivity index (χ4n) is 2.43. The Morgan fingerprint density at radius 2 is 2.21 bits per heavy atom. The van der Waals surface area contributed by atoms with Crippen molar-refractivity contribution in [1.82, 2.24) is 14.5 Å². The Kier molecular flexibility index (Phi) is 5.66. The highest BCUT2D eigenvalue weighted by Gasteiger charge is 2.16. The van der Waals surface area contributed by atoms with Crippen molar-refractivity contribution >= 4 is 5.95 Å². The molecule has 1 N–H and O–H groups in total. The van der Waals surface area contributed by atoms with E-state index in [0.29, 0.717) is 6.04 Å². The molecular formula is C14H26N4O. The third-order valence-electron chi connectivity index (χ3n) is 3.58. The van der Waals surface area contributed by atoms with Crippen LogP contribution in [0.4, 0.5) is 5.95 Å². The molecule has 5 nitrogen and oxygen atoms in total. The molecule has 0 amide bonds. The lowest BCUT2D eigenvalue weighted by Crippen LogP contribution is -2.39. The maximum absolute atomic E-state index is 5.39. The second kappa shape index (κ2) is 7.50.